The number of furan rings is 1. The lowest BCUT2D eigenvalue weighted by Gasteiger charge is -1.82. The lowest BCUT2D eigenvalue weighted by atomic mass is 10.4. The van der Waals surface area contributed by atoms with Crippen LogP contribution in [0.3, 0.4) is 0 Å². The molecule has 0 spiro atoms. The summed E-state index contributed by atoms with van der Waals surface area (Å²) in [6.07, 6.45) is 1.33. The van der Waals surface area contributed by atoms with Crippen molar-refractivity contribution in [3.8, 4) is 0 Å². The van der Waals surface area contributed by atoms with Crippen molar-refractivity contribution in [1.82, 2.24) is 9.97 Å². The molecular weight excluding hydrogens is 144 g/mol. The fourth-order valence-corrected chi connectivity index (χ4v) is 0.988. The number of hydrogen-bond donors (Lipinski definition) is 1. The minimum atomic E-state index is -0.160. The van der Waals surface area contributed by atoms with Crippen molar-refractivity contribution in [1.29, 1.82) is 0 Å². The molecule has 0 bridgehead atoms. The Morgan fingerprint density at radius 1 is 1.64 bits per heavy atom. The van der Waals surface area contributed by atoms with Gasteiger partial charge in [-0.05, 0) is 13.0 Å². The van der Waals surface area contributed by atoms with Crippen LogP contribution in [-0.2, 0) is 0 Å². The number of H-pyrrole nitrogens is 1. The van der Waals surface area contributed by atoms with Crippen LogP contribution in [0.4, 0.5) is 0 Å². The van der Waals surface area contributed by atoms with Gasteiger partial charge in [-0.2, -0.15) is 0 Å². The first-order chi connectivity index (χ1) is 5.27. The summed E-state index contributed by atoms with van der Waals surface area (Å²) in [7, 11) is 0. The van der Waals surface area contributed by atoms with E-state index in [1.165, 1.54) is 6.33 Å². The highest BCUT2D eigenvalue weighted by Crippen LogP contribution is 2.10. The van der Waals surface area contributed by atoms with E-state index in [0.29, 0.717) is 16.9 Å². The van der Waals surface area contributed by atoms with Gasteiger partial charge in [0.05, 0.1) is 6.33 Å². The fourth-order valence-electron chi connectivity index (χ4n) is 0.988. The third-order valence-corrected chi connectivity index (χ3v) is 1.46. The van der Waals surface area contributed by atoms with Gasteiger partial charge in [-0.25, -0.2) is 4.98 Å². The molecule has 4 nitrogen and oxygen atoms in total. The normalized spacial score (nSPS) is 10.6. The molecule has 0 aliphatic rings. The van der Waals surface area contributed by atoms with Gasteiger partial charge in [0.2, 0.25) is 5.71 Å². The van der Waals surface area contributed by atoms with Crippen LogP contribution in [0, 0.1) is 6.92 Å². The van der Waals surface area contributed by atoms with Gasteiger partial charge in [-0.1, -0.05) is 0 Å². The molecule has 56 valence electrons. The molecule has 2 rings (SSSR count). The summed E-state index contributed by atoms with van der Waals surface area (Å²) < 4.78 is 5.12. The van der Waals surface area contributed by atoms with Crippen molar-refractivity contribution >= 4 is 11.1 Å². The predicted octanol–water partition coefficient (Wildman–Crippen LogP) is 0.825. The van der Waals surface area contributed by atoms with Crippen LogP contribution in [0.1, 0.15) is 5.76 Å². The molecule has 11 heavy (non-hydrogen) atoms. The first-order valence-electron chi connectivity index (χ1n) is 3.21. The number of aromatic nitrogens is 2. The molecule has 0 unspecified atom stereocenters. The molecule has 4 heteroatoms. The number of nitrogens with one attached hydrogen (secondary N) is 1. The zero-order chi connectivity index (χ0) is 7.84. The van der Waals surface area contributed by atoms with E-state index in [4.69, 9.17) is 4.42 Å². The van der Waals surface area contributed by atoms with Crippen molar-refractivity contribution in [2.24, 2.45) is 0 Å². The van der Waals surface area contributed by atoms with Crippen LogP contribution in [0.25, 0.3) is 11.1 Å². The molecular formula is C7H6N2O2. The van der Waals surface area contributed by atoms with Crippen LogP contribution in [0.5, 0.6) is 0 Å². The highest BCUT2D eigenvalue weighted by Gasteiger charge is 2.02. The topological polar surface area (TPSA) is 58.9 Å². The Balaban J connectivity index is 3.02. The van der Waals surface area contributed by atoms with E-state index >= 15 is 0 Å². The first-order valence-corrected chi connectivity index (χ1v) is 3.21. The zero-order valence-electron chi connectivity index (χ0n) is 5.92. The van der Waals surface area contributed by atoms with Gasteiger partial charge < -0.3 is 9.40 Å². The number of fused-ring (bicyclic) bond motifs is 1. The lowest BCUT2D eigenvalue weighted by molar-refractivity contribution is 0.567. The maximum atomic E-state index is 11.0. The van der Waals surface area contributed by atoms with Gasteiger partial charge in [-0.15, -0.1) is 0 Å². The summed E-state index contributed by atoms with van der Waals surface area (Å²) in [4.78, 5) is 17.3. The minimum Gasteiger partial charge on any atom is -0.443 e. The van der Waals surface area contributed by atoms with Gasteiger partial charge in [0.15, 0.2) is 0 Å². The summed E-state index contributed by atoms with van der Waals surface area (Å²) in [6, 6.07) is 1.67. The summed E-state index contributed by atoms with van der Waals surface area (Å²) in [5.41, 5.74) is 0.234. The number of aromatic amines is 1. The second kappa shape index (κ2) is 1.95. The second-order valence-electron chi connectivity index (χ2n) is 2.31. The molecule has 0 saturated carbocycles. The number of rotatable bonds is 0. The van der Waals surface area contributed by atoms with Crippen LogP contribution >= 0.6 is 0 Å². The molecule has 0 atom stereocenters. The van der Waals surface area contributed by atoms with E-state index in [1.807, 2.05) is 0 Å². The number of aryl methyl sites for hydroxylation is 1. The zero-order valence-corrected chi connectivity index (χ0v) is 5.92. The Morgan fingerprint density at radius 2 is 2.45 bits per heavy atom. The van der Waals surface area contributed by atoms with Crippen molar-refractivity contribution in [2.75, 3.05) is 0 Å². The van der Waals surface area contributed by atoms with Crippen LogP contribution in [-0.4, -0.2) is 9.97 Å². The van der Waals surface area contributed by atoms with E-state index in [-0.39, 0.29) is 5.56 Å². The Kier molecular flexibility index (Phi) is 1.09. The van der Waals surface area contributed by atoms with Crippen LogP contribution in [0.15, 0.2) is 21.6 Å². The number of hydrogen-bond acceptors (Lipinski definition) is 3. The van der Waals surface area contributed by atoms with Crippen molar-refractivity contribution in [3.05, 3.63) is 28.5 Å². The third kappa shape index (κ3) is 0.832. The second-order valence-corrected chi connectivity index (χ2v) is 2.31. The minimum absolute atomic E-state index is 0.160. The monoisotopic (exact) mass is 150 g/mol. The molecule has 0 amide bonds. The molecule has 2 heterocycles. The summed E-state index contributed by atoms with van der Waals surface area (Å²) in [5, 5.41) is 0.505. The largest absolute Gasteiger partial charge is 0.443 e. The van der Waals surface area contributed by atoms with Gasteiger partial charge in [0.25, 0.3) is 5.56 Å². The molecule has 0 aliphatic carbocycles. The van der Waals surface area contributed by atoms with E-state index < -0.39 is 0 Å². The van der Waals surface area contributed by atoms with E-state index in [0.717, 1.165) is 0 Å². The maximum Gasteiger partial charge on any atom is 0.261 e. The van der Waals surface area contributed by atoms with Gasteiger partial charge in [0.1, 0.15) is 11.1 Å². The predicted molar refractivity (Wildman–Crippen MR) is 39.4 cm³/mol. The lowest BCUT2D eigenvalue weighted by Crippen LogP contribution is -2.03. The fraction of sp³-hybridized carbons (Fsp3) is 0.143. The molecule has 2 aromatic heterocycles. The Morgan fingerprint density at radius 3 is 3.18 bits per heavy atom. The maximum absolute atomic E-state index is 11.0. The summed E-state index contributed by atoms with van der Waals surface area (Å²) >= 11 is 0. The van der Waals surface area contributed by atoms with Crippen molar-refractivity contribution < 1.29 is 4.42 Å². The standard InChI is InChI=1S/C7H6N2O2/c1-4-2-5-6(10)8-3-9-7(5)11-4/h2-3H,1H3,(H,8,9,10). The summed E-state index contributed by atoms with van der Waals surface area (Å²) in [6.45, 7) is 1.78. The number of nitrogens with zero attached hydrogens (tertiary/aromatic N) is 1. The van der Waals surface area contributed by atoms with Crippen molar-refractivity contribution in [2.45, 2.75) is 6.92 Å². The van der Waals surface area contributed by atoms with E-state index in [2.05, 4.69) is 9.97 Å². The van der Waals surface area contributed by atoms with Gasteiger partial charge in [0, 0.05) is 0 Å². The van der Waals surface area contributed by atoms with Crippen molar-refractivity contribution in [3.63, 3.8) is 0 Å². The Bertz CT molecular complexity index is 441. The first kappa shape index (κ1) is 6.15. The molecule has 0 radical (unpaired) electrons. The van der Waals surface area contributed by atoms with Crippen LogP contribution < -0.4 is 5.56 Å². The van der Waals surface area contributed by atoms with E-state index in [1.54, 1.807) is 13.0 Å². The Labute approximate surface area is 61.9 Å². The highest BCUT2D eigenvalue weighted by molar-refractivity contribution is 5.72. The SMILES string of the molecule is Cc1cc2c(=O)[nH]cnc2o1. The van der Waals surface area contributed by atoms with Crippen LogP contribution in [0.2, 0.25) is 0 Å². The van der Waals surface area contributed by atoms with Gasteiger partial charge in [-0.3, -0.25) is 4.79 Å². The third-order valence-electron chi connectivity index (χ3n) is 1.46. The summed E-state index contributed by atoms with van der Waals surface area (Å²) in [5.74, 6) is 0.698. The molecule has 0 fully saturated rings. The Hall–Kier alpha value is -1.58. The average Bonchev–Trinajstić information content (AvgIpc) is 2.31. The smallest absolute Gasteiger partial charge is 0.261 e. The molecule has 0 saturated heterocycles. The van der Waals surface area contributed by atoms with Gasteiger partial charge >= 0.3 is 0 Å². The molecule has 2 aromatic rings. The van der Waals surface area contributed by atoms with E-state index in [9.17, 15) is 4.79 Å². The highest BCUT2D eigenvalue weighted by atomic mass is 16.3. The molecule has 1 N–H and O–H groups in total. The molecule has 0 aliphatic heterocycles. The molecule has 0 aromatic carbocycles. The quantitative estimate of drug-likeness (QED) is 0.604. The average molecular weight is 150 g/mol.